The van der Waals surface area contributed by atoms with Crippen LogP contribution in [0.4, 0.5) is 5.69 Å². The number of ether oxygens (including phenoxy) is 3. The molecule has 1 saturated heterocycles. The van der Waals surface area contributed by atoms with Crippen molar-refractivity contribution in [3.8, 4) is 17.2 Å². The predicted molar refractivity (Wildman–Crippen MR) is 140 cm³/mol. The minimum atomic E-state index is -0.498. The third-order valence-electron chi connectivity index (χ3n) is 5.48. The molecule has 1 N–H and O–H groups in total. The Labute approximate surface area is 215 Å². The summed E-state index contributed by atoms with van der Waals surface area (Å²) in [7, 11) is 0. The van der Waals surface area contributed by atoms with Gasteiger partial charge in [0.2, 0.25) is 0 Å². The van der Waals surface area contributed by atoms with E-state index in [9.17, 15) is 9.59 Å². The highest BCUT2D eigenvalue weighted by atomic mass is 35.5. The van der Waals surface area contributed by atoms with Crippen molar-refractivity contribution in [3.05, 3.63) is 87.9 Å². The minimum Gasteiger partial charge on any atom is -0.490 e. The lowest BCUT2D eigenvalue weighted by atomic mass is 10.1. The van der Waals surface area contributed by atoms with Crippen molar-refractivity contribution in [2.75, 3.05) is 24.8 Å². The van der Waals surface area contributed by atoms with Gasteiger partial charge in [-0.25, -0.2) is 5.01 Å². The monoisotopic (exact) mass is 506 g/mol. The number of carbonyl (C=O) groups is 2. The molecule has 0 saturated carbocycles. The van der Waals surface area contributed by atoms with Crippen molar-refractivity contribution < 1.29 is 23.8 Å². The SMILES string of the molecule is CCOc1cc(/C=C2/C(=O)NN(c3ccccc3)C2=O)cc(Cl)c1OCCOc1cc(C)ccc1C. The van der Waals surface area contributed by atoms with Crippen LogP contribution in [0.15, 0.2) is 66.2 Å². The molecule has 8 heteroatoms. The summed E-state index contributed by atoms with van der Waals surface area (Å²) in [4.78, 5) is 25.4. The molecule has 0 radical (unpaired) electrons. The first-order valence-electron chi connectivity index (χ1n) is 11.6. The molecular formula is C28H27ClN2O5. The van der Waals surface area contributed by atoms with Gasteiger partial charge in [-0.3, -0.25) is 15.0 Å². The highest BCUT2D eigenvalue weighted by Gasteiger charge is 2.34. The van der Waals surface area contributed by atoms with Crippen LogP contribution in [0.2, 0.25) is 5.02 Å². The van der Waals surface area contributed by atoms with Crippen molar-refractivity contribution in [2.45, 2.75) is 20.8 Å². The Kier molecular flexibility index (Phi) is 7.80. The van der Waals surface area contributed by atoms with Crippen LogP contribution in [0, 0.1) is 13.8 Å². The second-order valence-electron chi connectivity index (χ2n) is 8.20. The van der Waals surface area contributed by atoms with Crippen molar-refractivity contribution in [1.29, 1.82) is 0 Å². The molecule has 1 heterocycles. The fraction of sp³-hybridized carbons (Fsp3) is 0.214. The third kappa shape index (κ3) is 5.63. The molecule has 7 nitrogen and oxygen atoms in total. The molecule has 1 aliphatic rings. The van der Waals surface area contributed by atoms with E-state index in [0.717, 1.165) is 16.9 Å². The predicted octanol–water partition coefficient (Wildman–Crippen LogP) is 5.27. The van der Waals surface area contributed by atoms with Crippen LogP contribution in [-0.4, -0.2) is 31.6 Å². The number of nitrogens with zero attached hydrogens (tertiary/aromatic N) is 1. The van der Waals surface area contributed by atoms with E-state index in [1.165, 1.54) is 11.1 Å². The molecule has 1 aliphatic heterocycles. The molecule has 3 aromatic rings. The van der Waals surface area contributed by atoms with Crippen LogP contribution in [0.25, 0.3) is 6.08 Å². The van der Waals surface area contributed by atoms with E-state index in [2.05, 4.69) is 5.43 Å². The zero-order chi connectivity index (χ0) is 25.7. The number of hydrazine groups is 1. The number of rotatable bonds is 9. The standard InChI is InChI=1S/C28H27ClN2O5/c1-4-34-25-17-20(15-22-27(32)30-31(28(22)33)21-8-6-5-7-9-21)16-23(29)26(25)36-13-12-35-24-14-18(2)10-11-19(24)3/h5-11,14-17H,4,12-13H2,1-3H3,(H,30,32)/b22-15-. The lowest BCUT2D eigenvalue weighted by Gasteiger charge is -2.15. The first-order valence-corrected chi connectivity index (χ1v) is 12.0. The first-order chi connectivity index (χ1) is 17.4. The number of aryl methyl sites for hydroxylation is 2. The third-order valence-corrected chi connectivity index (χ3v) is 5.76. The van der Waals surface area contributed by atoms with Gasteiger partial charge in [0.05, 0.1) is 17.3 Å². The number of anilines is 1. The lowest BCUT2D eigenvalue weighted by Crippen LogP contribution is -2.35. The van der Waals surface area contributed by atoms with Gasteiger partial charge in [0.15, 0.2) is 11.5 Å². The molecule has 4 rings (SSSR count). The zero-order valence-corrected chi connectivity index (χ0v) is 21.1. The minimum absolute atomic E-state index is 0.00652. The van der Waals surface area contributed by atoms with Gasteiger partial charge in [-0.2, -0.15) is 0 Å². The van der Waals surface area contributed by atoms with E-state index in [-0.39, 0.29) is 12.2 Å². The Hall–Kier alpha value is -3.97. The van der Waals surface area contributed by atoms with Crippen LogP contribution in [0.5, 0.6) is 17.2 Å². The number of para-hydroxylation sites is 1. The van der Waals surface area contributed by atoms with Gasteiger partial charge in [-0.05, 0) is 73.9 Å². The number of nitrogens with one attached hydrogen (secondary N) is 1. The molecule has 36 heavy (non-hydrogen) atoms. The Morgan fingerprint density at radius 2 is 1.67 bits per heavy atom. The molecule has 186 valence electrons. The summed E-state index contributed by atoms with van der Waals surface area (Å²) >= 11 is 6.52. The van der Waals surface area contributed by atoms with Crippen molar-refractivity contribution >= 4 is 35.2 Å². The molecule has 1 fully saturated rings. The maximum absolute atomic E-state index is 12.9. The Bertz CT molecular complexity index is 1310. The van der Waals surface area contributed by atoms with E-state index < -0.39 is 11.8 Å². The molecule has 0 unspecified atom stereocenters. The number of carbonyl (C=O) groups excluding carboxylic acids is 2. The van der Waals surface area contributed by atoms with Gasteiger partial charge in [0, 0.05) is 0 Å². The maximum atomic E-state index is 12.9. The van der Waals surface area contributed by atoms with E-state index in [0.29, 0.717) is 41.0 Å². The van der Waals surface area contributed by atoms with E-state index in [1.807, 2.05) is 45.0 Å². The summed E-state index contributed by atoms with van der Waals surface area (Å²) in [6.45, 7) is 6.80. The summed E-state index contributed by atoms with van der Waals surface area (Å²) in [5.74, 6) is 0.638. The van der Waals surface area contributed by atoms with Gasteiger partial charge in [0.1, 0.15) is 24.5 Å². The normalized spacial score (nSPS) is 14.2. The van der Waals surface area contributed by atoms with Gasteiger partial charge >= 0.3 is 0 Å². The van der Waals surface area contributed by atoms with Gasteiger partial charge in [-0.15, -0.1) is 0 Å². The van der Waals surface area contributed by atoms with Crippen LogP contribution in [-0.2, 0) is 9.59 Å². The Balaban J connectivity index is 1.50. The van der Waals surface area contributed by atoms with Crippen LogP contribution in [0.3, 0.4) is 0 Å². The highest BCUT2D eigenvalue weighted by Crippen LogP contribution is 2.37. The summed E-state index contributed by atoms with van der Waals surface area (Å²) in [5.41, 5.74) is 5.84. The molecule has 3 aromatic carbocycles. The van der Waals surface area contributed by atoms with Gasteiger partial charge < -0.3 is 14.2 Å². The number of benzene rings is 3. The fourth-order valence-corrected chi connectivity index (χ4v) is 3.99. The largest absolute Gasteiger partial charge is 0.490 e. The number of hydrogen-bond acceptors (Lipinski definition) is 5. The molecule has 0 bridgehead atoms. The van der Waals surface area contributed by atoms with Crippen molar-refractivity contribution in [1.82, 2.24) is 5.43 Å². The smallest absolute Gasteiger partial charge is 0.282 e. The molecule has 0 aliphatic carbocycles. The van der Waals surface area contributed by atoms with Gasteiger partial charge in [-0.1, -0.05) is 41.9 Å². The van der Waals surface area contributed by atoms with Crippen LogP contribution in [0.1, 0.15) is 23.6 Å². The Morgan fingerprint density at radius 3 is 2.42 bits per heavy atom. The number of halogens is 1. The van der Waals surface area contributed by atoms with Crippen LogP contribution < -0.4 is 24.6 Å². The number of amides is 2. The van der Waals surface area contributed by atoms with Gasteiger partial charge in [0.25, 0.3) is 11.8 Å². The average molecular weight is 507 g/mol. The fourth-order valence-electron chi connectivity index (χ4n) is 3.72. The summed E-state index contributed by atoms with van der Waals surface area (Å²) in [6, 6.07) is 18.2. The molecular weight excluding hydrogens is 480 g/mol. The summed E-state index contributed by atoms with van der Waals surface area (Å²) in [6.07, 6.45) is 1.49. The second-order valence-corrected chi connectivity index (χ2v) is 8.61. The first kappa shape index (κ1) is 25.1. The number of hydrogen-bond donors (Lipinski definition) is 1. The summed E-state index contributed by atoms with van der Waals surface area (Å²) < 4.78 is 17.5. The molecule has 2 amide bonds. The highest BCUT2D eigenvalue weighted by molar-refractivity contribution is 6.33. The molecule has 0 aromatic heterocycles. The lowest BCUT2D eigenvalue weighted by molar-refractivity contribution is -0.117. The quantitative estimate of drug-likeness (QED) is 0.243. The van der Waals surface area contributed by atoms with Crippen LogP contribution >= 0.6 is 11.6 Å². The van der Waals surface area contributed by atoms with E-state index >= 15 is 0 Å². The average Bonchev–Trinajstić information content (AvgIpc) is 3.14. The van der Waals surface area contributed by atoms with E-state index in [1.54, 1.807) is 36.4 Å². The second kappa shape index (κ2) is 11.2. The summed E-state index contributed by atoms with van der Waals surface area (Å²) in [5, 5.41) is 1.51. The van der Waals surface area contributed by atoms with Crippen molar-refractivity contribution in [3.63, 3.8) is 0 Å². The molecule has 0 atom stereocenters. The Morgan fingerprint density at radius 1 is 0.917 bits per heavy atom. The molecule has 0 spiro atoms. The topological polar surface area (TPSA) is 77.1 Å². The van der Waals surface area contributed by atoms with E-state index in [4.69, 9.17) is 25.8 Å². The zero-order valence-electron chi connectivity index (χ0n) is 20.3. The maximum Gasteiger partial charge on any atom is 0.282 e. The van der Waals surface area contributed by atoms with Crippen molar-refractivity contribution in [2.24, 2.45) is 0 Å².